The predicted octanol–water partition coefficient (Wildman–Crippen LogP) is 4.20. The molecular weight excluding hydrogens is 268 g/mol. The van der Waals surface area contributed by atoms with Gasteiger partial charge in [-0.25, -0.2) is 0 Å². The van der Waals surface area contributed by atoms with Crippen molar-refractivity contribution in [2.24, 2.45) is 5.92 Å². The number of rotatable bonds is 5. The molecule has 2 rings (SSSR count). The first-order chi connectivity index (χ1) is 10.1. The fraction of sp³-hybridized carbons (Fsp3) is 0.562. The van der Waals surface area contributed by atoms with Crippen molar-refractivity contribution in [3.05, 3.63) is 33.9 Å². The monoisotopic (exact) mass is 290 g/mol. The van der Waals surface area contributed by atoms with E-state index in [1.807, 2.05) is 0 Å². The average Bonchev–Trinajstić information content (AvgIpc) is 2.48. The molecule has 0 atom stereocenters. The summed E-state index contributed by atoms with van der Waals surface area (Å²) in [4.78, 5) is 22.5. The highest BCUT2D eigenvalue weighted by molar-refractivity contribution is 5.92. The van der Waals surface area contributed by atoms with Crippen LogP contribution in [0.3, 0.4) is 0 Å². The molecular formula is C16H22N2O3. The largest absolute Gasteiger partial charge is 0.326 e. The summed E-state index contributed by atoms with van der Waals surface area (Å²) in [6.07, 6.45) is 7.72. The van der Waals surface area contributed by atoms with Crippen molar-refractivity contribution in [1.82, 2.24) is 0 Å². The Labute approximate surface area is 124 Å². The van der Waals surface area contributed by atoms with Crippen LogP contribution in [0.15, 0.2) is 18.2 Å². The molecule has 5 heteroatoms. The van der Waals surface area contributed by atoms with Crippen molar-refractivity contribution >= 4 is 17.3 Å². The number of amides is 1. The second-order valence-corrected chi connectivity index (χ2v) is 5.80. The van der Waals surface area contributed by atoms with Gasteiger partial charge in [0.25, 0.3) is 5.69 Å². The van der Waals surface area contributed by atoms with Gasteiger partial charge in [0.1, 0.15) is 0 Å². The third-order valence-electron chi connectivity index (χ3n) is 4.28. The van der Waals surface area contributed by atoms with Crippen LogP contribution in [0.2, 0.25) is 0 Å². The molecule has 1 aliphatic carbocycles. The Morgan fingerprint density at radius 3 is 2.71 bits per heavy atom. The van der Waals surface area contributed by atoms with Gasteiger partial charge in [-0.1, -0.05) is 38.2 Å². The average molecular weight is 290 g/mol. The summed E-state index contributed by atoms with van der Waals surface area (Å²) in [5.74, 6) is 0.611. The van der Waals surface area contributed by atoms with E-state index < -0.39 is 4.92 Å². The number of nitrogens with one attached hydrogen (secondary N) is 1. The minimum atomic E-state index is -0.424. The molecule has 0 aromatic heterocycles. The molecule has 0 saturated heterocycles. The minimum absolute atomic E-state index is 0.0417. The Morgan fingerprint density at radius 2 is 2.05 bits per heavy atom. The maximum absolute atomic E-state index is 12.0. The van der Waals surface area contributed by atoms with E-state index in [0.717, 1.165) is 6.42 Å². The summed E-state index contributed by atoms with van der Waals surface area (Å²) in [5, 5.41) is 13.7. The van der Waals surface area contributed by atoms with Gasteiger partial charge in [0, 0.05) is 12.5 Å². The third kappa shape index (κ3) is 4.28. The molecule has 5 nitrogen and oxygen atoms in total. The Hall–Kier alpha value is -1.91. The van der Waals surface area contributed by atoms with Crippen molar-refractivity contribution < 1.29 is 9.72 Å². The molecule has 1 aromatic carbocycles. The van der Waals surface area contributed by atoms with E-state index in [4.69, 9.17) is 0 Å². The first-order valence-corrected chi connectivity index (χ1v) is 7.62. The minimum Gasteiger partial charge on any atom is -0.326 e. The Bertz CT molecular complexity index is 522. The quantitative estimate of drug-likeness (QED) is 0.652. The van der Waals surface area contributed by atoms with Gasteiger partial charge >= 0.3 is 0 Å². The molecule has 0 unspecified atom stereocenters. The normalized spacial score (nSPS) is 15.7. The third-order valence-corrected chi connectivity index (χ3v) is 4.28. The van der Waals surface area contributed by atoms with Crippen LogP contribution in [-0.2, 0) is 4.79 Å². The number of anilines is 1. The highest BCUT2D eigenvalue weighted by Crippen LogP contribution is 2.28. The lowest BCUT2D eigenvalue weighted by Gasteiger charge is -2.21. The highest BCUT2D eigenvalue weighted by Gasteiger charge is 2.17. The Morgan fingerprint density at radius 1 is 1.33 bits per heavy atom. The molecule has 1 saturated carbocycles. The number of hydrogen-bond acceptors (Lipinski definition) is 3. The summed E-state index contributed by atoms with van der Waals surface area (Å²) < 4.78 is 0. The Balaban J connectivity index is 1.90. The van der Waals surface area contributed by atoms with Gasteiger partial charge in [-0.3, -0.25) is 14.9 Å². The summed E-state index contributed by atoms with van der Waals surface area (Å²) in [7, 11) is 0. The van der Waals surface area contributed by atoms with Gasteiger partial charge in [-0.2, -0.15) is 0 Å². The van der Waals surface area contributed by atoms with E-state index in [9.17, 15) is 14.9 Å². The lowest BCUT2D eigenvalue weighted by molar-refractivity contribution is -0.385. The number of nitro benzene ring substituents is 1. The van der Waals surface area contributed by atoms with Gasteiger partial charge < -0.3 is 5.32 Å². The maximum atomic E-state index is 12.0. The predicted molar refractivity (Wildman–Crippen MR) is 82.3 cm³/mol. The number of carbonyl (C=O) groups excluding carboxylic acids is 1. The number of nitrogens with zero attached hydrogens (tertiary/aromatic N) is 1. The van der Waals surface area contributed by atoms with Crippen molar-refractivity contribution in [3.8, 4) is 0 Å². The molecule has 1 amide bonds. The molecule has 1 fully saturated rings. The van der Waals surface area contributed by atoms with Crippen LogP contribution in [0, 0.1) is 23.0 Å². The van der Waals surface area contributed by atoms with Crippen LogP contribution in [0.1, 0.15) is 50.5 Å². The standard InChI is InChI=1S/C16H22N2O3/c1-12-14(8-5-9-15(12)18(20)21)17-16(19)11-10-13-6-3-2-4-7-13/h5,8-9,13H,2-4,6-7,10-11H2,1H3,(H,17,19). The van der Waals surface area contributed by atoms with Gasteiger partial charge in [0.15, 0.2) is 0 Å². The zero-order valence-electron chi connectivity index (χ0n) is 12.4. The van der Waals surface area contributed by atoms with Crippen LogP contribution >= 0.6 is 0 Å². The van der Waals surface area contributed by atoms with Crippen molar-refractivity contribution in [3.63, 3.8) is 0 Å². The fourth-order valence-electron chi connectivity index (χ4n) is 2.98. The van der Waals surface area contributed by atoms with E-state index in [1.54, 1.807) is 19.1 Å². The first-order valence-electron chi connectivity index (χ1n) is 7.62. The molecule has 0 radical (unpaired) electrons. The molecule has 1 N–H and O–H groups in total. The summed E-state index contributed by atoms with van der Waals surface area (Å²) in [6, 6.07) is 4.76. The van der Waals surface area contributed by atoms with Crippen LogP contribution < -0.4 is 5.32 Å². The molecule has 0 bridgehead atoms. The van der Waals surface area contributed by atoms with Gasteiger partial charge in [0.2, 0.25) is 5.91 Å². The second-order valence-electron chi connectivity index (χ2n) is 5.80. The molecule has 1 aromatic rings. The van der Waals surface area contributed by atoms with E-state index in [1.165, 1.54) is 38.2 Å². The van der Waals surface area contributed by atoms with Crippen molar-refractivity contribution in [1.29, 1.82) is 0 Å². The van der Waals surface area contributed by atoms with E-state index in [2.05, 4.69) is 5.32 Å². The second kappa shape index (κ2) is 7.20. The number of benzene rings is 1. The van der Waals surface area contributed by atoms with Crippen LogP contribution in [-0.4, -0.2) is 10.8 Å². The van der Waals surface area contributed by atoms with Gasteiger partial charge in [-0.05, 0) is 25.3 Å². The van der Waals surface area contributed by atoms with Crippen LogP contribution in [0.4, 0.5) is 11.4 Å². The summed E-state index contributed by atoms with van der Waals surface area (Å²) in [6.45, 7) is 1.66. The zero-order chi connectivity index (χ0) is 15.2. The molecule has 21 heavy (non-hydrogen) atoms. The molecule has 0 spiro atoms. The number of hydrogen-bond donors (Lipinski definition) is 1. The van der Waals surface area contributed by atoms with Crippen LogP contribution in [0.25, 0.3) is 0 Å². The topological polar surface area (TPSA) is 72.2 Å². The van der Waals surface area contributed by atoms with Crippen molar-refractivity contribution in [2.75, 3.05) is 5.32 Å². The van der Waals surface area contributed by atoms with Crippen LogP contribution in [0.5, 0.6) is 0 Å². The van der Waals surface area contributed by atoms with E-state index in [0.29, 0.717) is 23.6 Å². The van der Waals surface area contributed by atoms with Gasteiger partial charge in [-0.15, -0.1) is 0 Å². The molecule has 1 aliphatic rings. The fourth-order valence-corrected chi connectivity index (χ4v) is 2.98. The van der Waals surface area contributed by atoms with Gasteiger partial charge in [0.05, 0.1) is 16.2 Å². The summed E-state index contributed by atoms with van der Waals surface area (Å²) >= 11 is 0. The molecule has 0 heterocycles. The zero-order valence-corrected chi connectivity index (χ0v) is 12.4. The van der Waals surface area contributed by atoms with Crippen molar-refractivity contribution in [2.45, 2.75) is 51.9 Å². The first kappa shape index (κ1) is 15.5. The SMILES string of the molecule is Cc1c(NC(=O)CCC2CCCCC2)cccc1[N+](=O)[O-]. The lowest BCUT2D eigenvalue weighted by Crippen LogP contribution is -2.15. The van der Waals surface area contributed by atoms with E-state index >= 15 is 0 Å². The maximum Gasteiger partial charge on any atom is 0.274 e. The number of nitro groups is 1. The molecule has 0 aliphatic heterocycles. The molecule has 114 valence electrons. The lowest BCUT2D eigenvalue weighted by atomic mass is 9.86. The summed E-state index contributed by atoms with van der Waals surface area (Å²) in [5.41, 5.74) is 1.09. The highest BCUT2D eigenvalue weighted by atomic mass is 16.6. The smallest absolute Gasteiger partial charge is 0.274 e. The Kier molecular flexibility index (Phi) is 5.31. The number of carbonyl (C=O) groups is 1. The van der Waals surface area contributed by atoms with E-state index in [-0.39, 0.29) is 11.6 Å².